The Morgan fingerprint density at radius 2 is 1.93 bits per heavy atom. The number of carbonyl (C=O) groups is 1. The first-order chi connectivity index (χ1) is 14.5. The lowest BCUT2D eigenvalue weighted by Gasteiger charge is -2.07. The zero-order chi connectivity index (χ0) is 21.3. The summed E-state index contributed by atoms with van der Waals surface area (Å²) < 4.78 is 12.6. The van der Waals surface area contributed by atoms with E-state index in [0.717, 1.165) is 11.8 Å². The number of benzene rings is 2. The lowest BCUT2D eigenvalue weighted by Crippen LogP contribution is -2.41. The second-order valence-corrected chi connectivity index (χ2v) is 7.29. The molecule has 2 aromatic carbocycles. The van der Waals surface area contributed by atoms with Crippen molar-refractivity contribution in [3.8, 4) is 11.4 Å². The van der Waals surface area contributed by atoms with E-state index in [4.69, 9.17) is 9.26 Å². The number of aromatic amines is 1. The summed E-state index contributed by atoms with van der Waals surface area (Å²) >= 11 is 1.08. The number of carbonyl (C=O) groups excluding carboxylic acids is 1. The standard InChI is InChI=1S/C20H16N4O5S/c1-23-18(26)14-5-3-4-6-15(14)21-20(23)30-11-16(25)17-19(27)29-22-24(17)12-7-9-13(28-2)10-8-12/h3-10H,11H2,1-2H3/p+1. The van der Waals surface area contributed by atoms with Crippen molar-refractivity contribution in [1.82, 2.24) is 14.8 Å². The van der Waals surface area contributed by atoms with Crippen LogP contribution in [-0.2, 0) is 7.05 Å². The fourth-order valence-electron chi connectivity index (χ4n) is 2.95. The lowest BCUT2D eigenvalue weighted by molar-refractivity contribution is -0.672. The van der Waals surface area contributed by atoms with Gasteiger partial charge < -0.3 is 4.74 Å². The maximum absolute atomic E-state index is 12.8. The molecule has 4 aromatic rings. The molecule has 0 saturated heterocycles. The molecule has 0 atom stereocenters. The average Bonchev–Trinajstić information content (AvgIpc) is 3.16. The largest absolute Gasteiger partial charge is 0.497 e. The van der Waals surface area contributed by atoms with E-state index in [9.17, 15) is 14.4 Å². The SMILES string of the molecule is COc1ccc(-[n+]2[nH]oc(=O)c2C(=O)CSc2nc3ccccc3c(=O)n2C)cc1. The normalized spacial score (nSPS) is 11.0. The summed E-state index contributed by atoms with van der Waals surface area (Å²) in [6.07, 6.45) is 0. The molecule has 0 amide bonds. The molecule has 0 bridgehead atoms. The average molecular weight is 425 g/mol. The van der Waals surface area contributed by atoms with Crippen LogP contribution >= 0.6 is 11.8 Å². The highest BCUT2D eigenvalue weighted by atomic mass is 32.2. The van der Waals surface area contributed by atoms with Gasteiger partial charge in [-0.3, -0.25) is 18.7 Å². The van der Waals surface area contributed by atoms with Gasteiger partial charge in [-0.1, -0.05) is 23.9 Å². The number of hydrogen-bond acceptors (Lipinski definition) is 7. The minimum absolute atomic E-state index is 0.0998. The molecule has 0 unspecified atom stereocenters. The molecule has 0 saturated carbocycles. The van der Waals surface area contributed by atoms with Gasteiger partial charge in [-0.2, -0.15) is 0 Å². The lowest BCUT2D eigenvalue weighted by atomic mass is 10.2. The van der Waals surface area contributed by atoms with Crippen LogP contribution in [0.25, 0.3) is 16.6 Å². The first-order valence-electron chi connectivity index (χ1n) is 8.89. The number of fused-ring (bicyclic) bond motifs is 1. The van der Waals surface area contributed by atoms with E-state index < -0.39 is 11.4 Å². The summed E-state index contributed by atoms with van der Waals surface area (Å²) in [6.45, 7) is 0. The molecule has 152 valence electrons. The van der Waals surface area contributed by atoms with Crippen molar-refractivity contribution in [3.05, 3.63) is 75.0 Å². The van der Waals surface area contributed by atoms with Crippen LogP contribution < -0.4 is 20.6 Å². The van der Waals surface area contributed by atoms with Gasteiger partial charge in [-0.15, -0.1) is 0 Å². The van der Waals surface area contributed by atoms with Gasteiger partial charge in [-0.05, 0) is 34.2 Å². The van der Waals surface area contributed by atoms with Crippen molar-refractivity contribution in [2.75, 3.05) is 12.9 Å². The molecule has 1 N–H and O–H groups in total. The Morgan fingerprint density at radius 3 is 2.67 bits per heavy atom. The van der Waals surface area contributed by atoms with E-state index in [1.807, 2.05) is 0 Å². The van der Waals surface area contributed by atoms with Crippen LogP contribution in [0.15, 0.2) is 67.8 Å². The highest BCUT2D eigenvalue weighted by Gasteiger charge is 2.30. The van der Waals surface area contributed by atoms with Crippen LogP contribution in [0.2, 0.25) is 0 Å². The monoisotopic (exact) mass is 425 g/mol. The van der Waals surface area contributed by atoms with E-state index in [2.05, 4.69) is 10.3 Å². The molecular formula is C20H17N4O5S+. The van der Waals surface area contributed by atoms with Crippen LogP contribution in [0.3, 0.4) is 0 Å². The predicted octanol–water partition coefficient (Wildman–Crippen LogP) is 1.48. The third kappa shape index (κ3) is 3.52. The molecule has 0 aliphatic carbocycles. The molecule has 0 radical (unpaired) electrons. The Balaban J connectivity index is 1.62. The van der Waals surface area contributed by atoms with Crippen molar-refractivity contribution in [1.29, 1.82) is 0 Å². The molecule has 2 aromatic heterocycles. The zero-order valence-corrected chi connectivity index (χ0v) is 16.9. The Labute approximate surface area is 173 Å². The number of H-pyrrole nitrogens is 1. The van der Waals surface area contributed by atoms with Gasteiger partial charge in [0.05, 0.1) is 23.8 Å². The topological polar surface area (TPSA) is 111 Å². The second kappa shape index (κ2) is 7.99. The molecule has 2 heterocycles. The molecule has 9 nitrogen and oxygen atoms in total. The van der Waals surface area contributed by atoms with Crippen molar-refractivity contribution in [3.63, 3.8) is 0 Å². The number of hydrogen-bond donors (Lipinski definition) is 1. The third-order valence-electron chi connectivity index (χ3n) is 4.52. The van der Waals surface area contributed by atoms with E-state index in [-0.39, 0.29) is 17.0 Å². The molecular weight excluding hydrogens is 408 g/mol. The van der Waals surface area contributed by atoms with Gasteiger partial charge in [0.15, 0.2) is 5.16 Å². The Kier molecular flexibility index (Phi) is 5.23. The molecule has 0 fully saturated rings. The summed E-state index contributed by atoms with van der Waals surface area (Å²) in [5, 5.41) is 3.32. The molecule has 0 aliphatic heterocycles. The Morgan fingerprint density at radius 1 is 1.20 bits per heavy atom. The molecule has 30 heavy (non-hydrogen) atoms. The van der Waals surface area contributed by atoms with Gasteiger partial charge in [0.25, 0.3) is 5.56 Å². The first kappa shape index (κ1) is 19.6. The fraction of sp³-hybridized carbons (Fsp3) is 0.150. The maximum atomic E-state index is 12.8. The van der Waals surface area contributed by atoms with Crippen molar-refractivity contribution in [2.45, 2.75) is 5.16 Å². The molecule has 0 spiro atoms. The fourth-order valence-corrected chi connectivity index (χ4v) is 3.79. The van der Waals surface area contributed by atoms with Crippen LogP contribution in [-0.4, -0.2) is 33.5 Å². The van der Waals surface area contributed by atoms with Crippen molar-refractivity contribution < 1.29 is 18.7 Å². The number of methoxy groups -OCH3 is 1. The summed E-state index contributed by atoms with van der Waals surface area (Å²) in [4.78, 5) is 41.9. The number of nitrogens with one attached hydrogen (secondary N) is 1. The predicted molar refractivity (Wildman–Crippen MR) is 109 cm³/mol. The number of nitrogens with zero attached hydrogens (tertiary/aromatic N) is 3. The van der Waals surface area contributed by atoms with Gasteiger partial charge in [-0.25, -0.2) is 9.78 Å². The molecule has 4 rings (SSSR count). The van der Waals surface area contributed by atoms with Gasteiger partial charge in [0.2, 0.25) is 11.5 Å². The quantitative estimate of drug-likeness (QED) is 0.216. The Hall–Kier alpha value is -3.66. The van der Waals surface area contributed by atoms with E-state index in [0.29, 0.717) is 27.5 Å². The summed E-state index contributed by atoms with van der Waals surface area (Å²) in [6, 6.07) is 13.8. The highest BCUT2D eigenvalue weighted by Crippen LogP contribution is 2.18. The minimum Gasteiger partial charge on any atom is -0.497 e. The molecule has 10 heteroatoms. The Bertz CT molecular complexity index is 1350. The van der Waals surface area contributed by atoms with Crippen molar-refractivity contribution >= 4 is 28.4 Å². The van der Waals surface area contributed by atoms with Crippen LogP contribution in [0.1, 0.15) is 10.5 Å². The third-order valence-corrected chi connectivity index (χ3v) is 5.55. The summed E-state index contributed by atoms with van der Waals surface area (Å²) in [7, 11) is 3.14. The van der Waals surface area contributed by atoms with E-state index >= 15 is 0 Å². The number of para-hydroxylation sites is 1. The van der Waals surface area contributed by atoms with Gasteiger partial charge >= 0.3 is 11.3 Å². The first-order valence-corrected chi connectivity index (χ1v) is 9.88. The minimum atomic E-state index is -0.781. The van der Waals surface area contributed by atoms with Gasteiger partial charge in [0.1, 0.15) is 5.75 Å². The smallest absolute Gasteiger partial charge is 0.438 e. The maximum Gasteiger partial charge on any atom is 0.438 e. The number of ether oxygens (including phenoxy) is 1. The van der Waals surface area contributed by atoms with Gasteiger partial charge in [0, 0.05) is 19.2 Å². The van der Waals surface area contributed by atoms with Crippen molar-refractivity contribution in [2.24, 2.45) is 7.05 Å². The van der Waals surface area contributed by atoms with Crippen LogP contribution in [0.4, 0.5) is 0 Å². The summed E-state index contributed by atoms with van der Waals surface area (Å²) in [5.74, 6) is 0.0716. The number of ketones is 1. The number of rotatable bonds is 6. The highest BCUT2D eigenvalue weighted by molar-refractivity contribution is 7.99. The van der Waals surface area contributed by atoms with E-state index in [1.54, 1.807) is 62.7 Å². The van der Waals surface area contributed by atoms with Crippen LogP contribution in [0.5, 0.6) is 5.75 Å². The second-order valence-electron chi connectivity index (χ2n) is 6.35. The zero-order valence-electron chi connectivity index (χ0n) is 16.1. The number of Topliss-reactive ketones (excluding diaryl/α,β-unsaturated/α-hetero) is 1. The number of thioether (sulfide) groups is 1. The van der Waals surface area contributed by atoms with Crippen LogP contribution in [0, 0.1) is 0 Å². The summed E-state index contributed by atoms with van der Waals surface area (Å²) in [5.41, 5.74) is -0.0588. The number of aromatic nitrogens is 4. The van der Waals surface area contributed by atoms with E-state index in [1.165, 1.54) is 9.25 Å². The molecule has 0 aliphatic rings.